The van der Waals surface area contributed by atoms with Gasteiger partial charge in [-0.15, -0.1) is 0 Å². The van der Waals surface area contributed by atoms with Crippen molar-refractivity contribution in [2.24, 2.45) is 0 Å². The predicted molar refractivity (Wildman–Crippen MR) is 75.8 cm³/mol. The number of carbonyl (C=O) groups excluding carboxylic acids is 2. The van der Waals surface area contributed by atoms with E-state index in [4.69, 9.17) is 0 Å². The van der Waals surface area contributed by atoms with Gasteiger partial charge in [-0.1, -0.05) is 6.07 Å². The molecule has 2 aromatic rings. The Balaban J connectivity index is 2.13. The van der Waals surface area contributed by atoms with Crippen molar-refractivity contribution in [3.05, 3.63) is 59.2 Å². The first-order chi connectivity index (χ1) is 12.2. The van der Waals surface area contributed by atoms with Gasteiger partial charge in [-0.2, -0.15) is 8.78 Å². The van der Waals surface area contributed by atoms with Gasteiger partial charge in [-0.3, -0.25) is 10.1 Å². The van der Waals surface area contributed by atoms with E-state index in [1.807, 2.05) is 5.32 Å². The number of amides is 3. The molecule has 0 saturated heterocycles. The molecule has 0 spiro atoms. The van der Waals surface area contributed by atoms with Crippen LogP contribution in [0.5, 0.6) is 5.75 Å². The summed E-state index contributed by atoms with van der Waals surface area (Å²) in [4.78, 5) is 23.4. The van der Waals surface area contributed by atoms with Crippen molar-refractivity contribution in [1.29, 1.82) is 0 Å². The molecule has 0 atom stereocenters. The standard InChI is InChI=1S/C15H8F6N2O3/c16-8-5-9(17)12(19)10(11(8)18)13(24)23-15(25)22-6-2-1-3-7(4-6)26-14(20)21/h1-5,14H,(H2,22,23,24,25). The van der Waals surface area contributed by atoms with Crippen LogP contribution in [0.1, 0.15) is 10.4 Å². The van der Waals surface area contributed by atoms with Gasteiger partial charge in [0.25, 0.3) is 5.91 Å². The Morgan fingerprint density at radius 3 is 2.15 bits per heavy atom. The van der Waals surface area contributed by atoms with Crippen LogP contribution in [0.2, 0.25) is 0 Å². The molecular formula is C15H8F6N2O3. The first-order valence-electron chi connectivity index (χ1n) is 6.69. The third kappa shape index (κ3) is 4.43. The number of anilines is 1. The molecule has 2 aromatic carbocycles. The number of rotatable bonds is 4. The Bertz CT molecular complexity index is 833. The van der Waals surface area contributed by atoms with Crippen molar-refractivity contribution in [3.8, 4) is 5.75 Å². The molecule has 0 heterocycles. The molecule has 2 rings (SSSR count). The van der Waals surface area contributed by atoms with Crippen molar-refractivity contribution in [2.75, 3.05) is 5.32 Å². The number of nitrogens with one attached hydrogen (secondary N) is 2. The van der Waals surface area contributed by atoms with Crippen LogP contribution in [0.25, 0.3) is 0 Å². The van der Waals surface area contributed by atoms with Crippen LogP contribution >= 0.6 is 0 Å². The van der Waals surface area contributed by atoms with E-state index in [1.165, 1.54) is 17.4 Å². The van der Waals surface area contributed by atoms with Crippen LogP contribution < -0.4 is 15.4 Å². The van der Waals surface area contributed by atoms with Crippen molar-refractivity contribution in [1.82, 2.24) is 5.32 Å². The highest BCUT2D eigenvalue weighted by molar-refractivity contribution is 6.08. The first kappa shape index (κ1) is 19.1. The second-order valence-electron chi connectivity index (χ2n) is 4.66. The molecule has 2 N–H and O–H groups in total. The average Bonchev–Trinajstić information content (AvgIpc) is 2.52. The lowest BCUT2D eigenvalue weighted by molar-refractivity contribution is -0.0498. The van der Waals surface area contributed by atoms with Gasteiger partial charge in [0.15, 0.2) is 23.3 Å². The molecule has 0 aliphatic heterocycles. The maximum atomic E-state index is 13.5. The van der Waals surface area contributed by atoms with Crippen LogP contribution in [-0.4, -0.2) is 18.5 Å². The second-order valence-corrected chi connectivity index (χ2v) is 4.66. The third-order valence-electron chi connectivity index (χ3n) is 2.88. The van der Waals surface area contributed by atoms with Gasteiger partial charge in [0, 0.05) is 17.8 Å². The minimum atomic E-state index is -3.12. The van der Waals surface area contributed by atoms with Gasteiger partial charge in [0.1, 0.15) is 11.3 Å². The lowest BCUT2D eigenvalue weighted by atomic mass is 10.1. The topological polar surface area (TPSA) is 67.4 Å². The molecule has 3 amide bonds. The number of alkyl halides is 2. The number of halogens is 6. The summed E-state index contributed by atoms with van der Waals surface area (Å²) >= 11 is 0. The number of carbonyl (C=O) groups is 2. The molecule has 5 nitrogen and oxygen atoms in total. The number of imide groups is 1. The number of ether oxygens (including phenoxy) is 1. The van der Waals surface area contributed by atoms with E-state index in [0.29, 0.717) is 0 Å². The van der Waals surface area contributed by atoms with Gasteiger partial charge < -0.3 is 10.1 Å². The SMILES string of the molecule is O=C(NC(=O)c1c(F)c(F)cc(F)c1F)Nc1cccc(OC(F)F)c1. The maximum Gasteiger partial charge on any atom is 0.387 e. The van der Waals surface area contributed by atoms with Gasteiger partial charge in [-0.25, -0.2) is 22.4 Å². The second kappa shape index (κ2) is 7.76. The van der Waals surface area contributed by atoms with Gasteiger partial charge in [0.05, 0.1) is 0 Å². The predicted octanol–water partition coefficient (Wildman–Crippen LogP) is 3.81. The highest BCUT2D eigenvalue weighted by Crippen LogP contribution is 2.20. The summed E-state index contributed by atoms with van der Waals surface area (Å²) in [6, 6.07) is 3.14. The monoisotopic (exact) mass is 378 g/mol. The fourth-order valence-electron chi connectivity index (χ4n) is 1.85. The Labute approximate surface area is 141 Å². The normalized spacial score (nSPS) is 10.6. The van der Waals surface area contributed by atoms with Crippen LogP contribution in [0.3, 0.4) is 0 Å². The summed E-state index contributed by atoms with van der Waals surface area (Å²) < 4.78 is 81.4. The molecule has 0 unspecified atom stereocenters. The molecule has 26 heavy (non-hydrogen) atoms. The fraction of sp³-hybridized carbons (Fsp3) is 0.0667. The summed E-state index contributed by atoms with van der Waals surface area (Å²) in [5.74, 6) is -9.69. The molecule has 0 radical (unpaired) electrons. The minimum absolute atomic E-state index is 0.101. The molecule has 0 aliphatic carbocycles. The van der Waals surface area contributed by atoms with E-state index >= 15 is 0 Å². The van der Waals surface area contributed by atoms with E-state index < -0.39 is 47.4 Å². The minimum Gasteiger partial charge on any atom is -0.435 e. The lowest BCUT2D eigenvalue weighted by Crippen LogP contribution is -2.35. The summed E-state index contributed by atoms with van der Waals surface area (Å²) in [6.07, 6.45) is 0. The quantitative estimate of drug-likeness (QED) is 0.628. The van der Waals surface area contributed by atoms with E-state index in [1.54, 1.807) is 0 Å². The van der Waals surface area contributed by atoms with E-state index in [2.05, 4.69) is 4.74 Å². The summed E-state index contributed by atoms with van der Waals surface area (Å²) in [5, 5.41) is 3.45. The molecule has 0 fully saturated rings. The average molecular weight is 378 g/mol. The number of urea groups is 1. The summed E-state index contributed by atoms with van der Waals surface area (Å²) in [7, 11) is 0. The first-order valence-corrected chi connectivity index (χ1v) is 6.69. The lowest BCUT2D eigenvalue weighted by Gasteiger charge is -2.10. The fourth-order valence-corrected chi connectivity index (χ4v) is 1.85. The van der Waals surface area contributed by atoms with E-state index in [-0.39, 0.29) is 17.5 Å². The molecule has 0 aromatic heterocycles. The number of hydrogen-bond acceptors (Lipinski definition) is 3. The van der Waals surface area contributed by atoms with E-state index in [0.717, 1.165) is 12.1 Å². The van der Waals surface area contributed by atoms with Crippen molar-refractivity contribution >= 4 is 17.6 Å². The van der Waals surface area contributed by atoms with Crippen LogP contribution in [0.4, 0.5) is 36.8 Å². The molecule has 0 aliphatic rings. The van der Waals surface area contributed by atoms with Crippen molar-refractivity contribution in [3.63, 3.8) is 0 Å². The maximum absolute atomic E-state index is 13.5. The Hall–Kier alpha value is -3.24. The zero-order chi connectivity index (χ0) is 19.4. The summed E-state index contributed by atoms with van der Waals surface area (Å²) in [5.41, 5.74) is -1.74. The van der Waals surface area contributed by atoms with Crippen molar-refractivity contribution in [2.45, 2.75) is 6.61 Å². The Kier molecular flexibility index (Phi) is 5.70. The molecule has 138 valence electrons. The number of hydrogen-bond donors (Lipinski definition) is 2. The highest BCUT2D eigenvalue weighted by atomic mass is 19.3. The molecule has 0 bridgehead atoms. The van der Waals surface area contributed by atoms with Crippen LogP contribution in [0.15, 0.2) is 30.3 Å². The zero-order valence-electron chi connectivity index (χ0n) is 12.5. The van der Waals surface area contributed by atoms with Gasteiger partial charge >= 0.3 is 12.6 Å². The number of benzene rings is 2. The largest absolute Gasteiger partial charge is 0.435 e. The van der Waals surface area contributed by atoms with Crippen molar-refractivity contribution < 1.29 is 40.7 Å². The highest BCUT2D eigenvalue weighted by Gasteiger charge is 2.26. The van der Waals surface area contributed by atoms with Crippen LogP contribution in [0, 0.1) is 23.3 Å². The Morgan fingerprint density at radius 2 is 1.58 bits per heavy atom. The molecule has 0 saturated carbocycles. The van der Waals surface area contributed by atoms with Gasteiger partial charge in [0.2, 0.25) is 0 Å². The zero-order valence-corrected chi connectivity index (χ0v) is 12.5. The smallest absolute Gasteiger partial charge is 0.387 e. The van der Waals surface area contributed by atoms with Crippen LogP contribution in [-0.2, 0) is 0 Å². The van der Waals surface area contributed by atoms with Gasteiger partial charge in [-0.05, 0) is 12.1 Å². The molecular weight excluding hydrogens is 370 g/mol. The summed E-state index contributed by atoms with van der Waals surface area (Å²) in [6.45, 7) is -3.12. The Morgan fingerprint density at radius 1 is 0.962 bits per heavy atom. The van der Waals surface area contributed by atoms with E-state index in [9.17, 15) is 35.9 Å². The molecule has 11 heteroatoms. The third-order valence-corrected chi connectivity index (χ3v) is 2.88.